The smallest absolute Gasteiger partial charge is 0.209 e. The van der Waals surface area contributed by atoms with Gasteiger partial charge in [0.1, 0.15) is 10.6 Å². The molecule has 4 aromatic rings. The minimum Gasteiger partial charge on any atom is -0.497 e. The number of methoxy groups -OCH3 is 1. The minimum absolute atomic E-state index is 0.00919. The molecule has 3 aromatic heterocycles. The van der Waals surface area contributed by atoms with Gasteiger partial charge in [0.2, 0.25) is 5.95 Å². The quantitative estimate of drug-likeness (QED) is 0.384. The van der Waals surface area contributed by atoms with Crippen molar-refractivity contribution in [3.63, 3.8) is 0 Å². The summed E-state index contributed by atoms with van der Waals surface area (Å²) in [5.41, 5.74) is 8.95. The number of carbonyl (C=O) groups excluding carboxylic acids is 1. The molecule has 0 spiro atoms. The van der Waals surface area contributed by atoms with Gasteiger partial charge in [-0.15, -0.1) is 21.5 Å². The number of anilines is 1. The lowest BCUT2D eigenvalue weighted by Gasteiger charge is -2.10. The van der Waals surface area contributed by atoms with E-state index >= 15 is 0 Å². The number of nitrogen functional groups attached to an aromatic ring is 1. The molecule has 0 saturated carbocycles. The van der Waals surface area contributed by atoms with Gasteiger partial charge in [-0.25, -0.2) is 9.38 Å². The lowest BCUT2D eigenvalue weighted by atomic mass is 9.97. The highest BCUT2D eigenvalue weighted by Gasteiger charge is 2.23. The van der Waals surface area contributed by atoms with Gasteiger partial charge in [0.05, 0.1) is 18.2 Å². The second-order valence-electron chi connectivity index (χ2n) is 6.94. The number of ether oxygens (including phenoxy) is 1. The number of Topliss-reactive ketones (excluding diaryl/α,β-unsaturated/α-hetero) is 1. The molecule has 0 bridgehead atoms. The first-order valence-corrected chi connectivity index (χ1v) is 11.2. The minimum atomic E-state index is 0.00919. The Morgan fingerprint density at radius 1 is 1.24 bits per heavy atom. The molecule has 148 valence electrons. The summed E-state index contributed by atoms with van der Waals surface area (Å²) in [5, 5.41) is 10.4. The summed E-state index contributed by atoms with van der Waals surface area (Å²) in [6.45, 7) is 0. The summed E-state index contributed by atoms with van der Waals surface area (Å²) in [5.74, 6) is 1.33. The van der Waals surface area contributed by atoms with Crippen LogP contribution in [0.2, 0.25) is 0 Å². The number of aryl methyl sites for hydroxylation is 2. The fourth-order valence-electron chi connectivity index (χ4n) is 3.74. The average molecular weight is 426 g/mol. The van der Waals surface area contributed by atoms with E-state index in [0.717, 1.165) is 34.5 Å². The van der Waals surface area contributed by atoms with Crippen LogP contribution in [-0.2, 0) is 12.8 Å². The lowest BCUT2D eigenvalue weighted by Crippen LogP contribution is -2.05. The highest BCUT2D eigenvalue weighted by Crippen LogP contribution is 2.38. The SMILES string of the molecule is COc1ccc(C(=O)CSc2nnc3c4c5c(sc4nc(N)n23)CCCC5)cc1. The van der Waals surface area contributed by atoms with E-state index in [2.05, 4.69) is 15.2 Å². The lowest BCUT2D eigenvalue weighted by molar-refractivity contribution is 0.102. The maximum Gasteiger partial charge on any atom is 0.209 e. The number of ketones is 1. The Kier molecular flexibility index (Phi) is 4.63. The van der Waals surface area contributed by atoms with Crippen LogP contribution in [0.1, 0.15) is 33.6 Å². The monoisotopic (exact) mass is 425 g/mol. The van der Waals surface area contributed by atoms with E-state index < -0.39 is 0 Å². The van der Waals surface area contributed by atoms with Crippen molar-refractivity contribution in [1.29, 1.82) is 0 Å². The van der Waals surface area contributed by atoms with Crippen LogP contribution in [0.15, 0.2) is 29.4 Å². The first kappa shape index (κ1) is 18.4. The third-order valence-electron chi connectivity index (χ3n) is 5.20. The Hall–Kier alpha value is -2.65. The van der Waals surface area contributed by atoms with E-state index in [1.54, 1.807) is 47.1 Å². The van der Waals surface area contributed by atoms with Gasteiger partial charge < -0.3 is 10.5 Å². The van der Waals surface area contributed by atoms with Crippen molar-refractivity contribution in [3.8, 4) is 5.75 Å². The number of rotatable bonds is 5. The molecule has 1 aromatic carbocycles. The molecule has 1 aliphatic rings. The van der Waals surface area contributed by atoms with Gasteiger partial charge in [-0.2, -0.15) is 0 Å². The van der Waals surface area contributed by atoms with E-state index in [4.69, 9.17) is 10.5 Å². The molecule has 9 heteroatoms. The summed E-state index contributed by atoms with van der Waals surface area (Å²) >= 11 is 3.04. The van der Waals surface area contributed by atoms with Crippen molar-refractivity contribution in [1.82, 2.24) is 19.6 Å². The predicted octanol–water partition coefficient (Wildman–Crippen LogP) is 3.78. The van der Waals surface area contributed by atoms with Crippen molar-refractivity contribution in [2.45, 2.75) is 30.8 Å². The summed E-state index contributed by atoms with van der Waals surface area (Å²) < 4.78 is 6.91. The number of hydrogen-bond acceptors (Lipinski definition) is 8. The average Bonchev–Trinajstić information content (AvgIpc) is 3.33. The Morgan fingerprint density at radius 2 is 2.03 bits per heavy atom. The summed E-state index contributed by atoms with van der Waals surface area (Å²) in [7, 11) is 1.60. The highest BCUT2D eigenvalue weighted by atomic mass is 32.2. The van der Waals surface area contributed by atoms with E-state index in [1.807, 2.05) is 0 Å². The van der Waals surface area contributed by atoms with Crippen molar-refractivity contribution in [3.05, 3.63) is 40.3 Å². The number of hydrogen-bond donors (Lipinski definition) is 1. The zero-order valence-electron chi connectivity index (χ0n) is 15.8. The van der Waals surface area contributed by atoms with E-state index in [9.17, 15) is 4.79 Å². The highest BCUT2D eigenvalue weighted by molar-refractivity contribution is 7.99. The number of thioether (sulfide) groups is 1. The van der Waals surface area contributed by atoms with E-state index in [-0.39, 0.29) is 11.5 Å². The number of benzene rings is 1. The number of fused-ring (bicyclic) bond motifs is 5. The fraction of sp³-hybridized carbons (Fsp3) is 0.300. The molecule has 0 amide bonds. The normalized spacial score (nSPS) is 13.7. The largest absolute Gasteiger partial charge is 0.497 e. The maximum atomic E-state index is 12.6. The van der Waals surface area contributed by atoms with Crippen LogP contribution in [0.4, 0.5) is 5.95 Å². The van der Waals surface area contributed by atoms with Gasteiger partial charge in [0, 0.05) is 10.4 Å². The van der Waals surface area contributed by atoms with Crippen LogP contribution in [0, 0.1) is 0 Å². The Bertz CT molecular complexity index is 1230. The molecule has 29 heavy (non-hydrogen) atoms. The molecule has 5 rings (SSSR count). The van der Waals surface area contributed by atoms with Crippen LogP contribution in [-0.4, -0.2) is 38.2 Å². The van der Waals surface area contributed by atoms with Gasteiger partial charge in [-0.1, -0.05) is 11.8 Å². The Balaban J connectivity index is 1.47. The van der Waals surface area contributed by atoms with Crippen molar-refractivity contribution >= 4 is 50.7 Å². The zero-order valence-corrected chi connectivity index (χ0v) is 17.5. The van der Waals surface area contributed by atoms with Crippen LogP contribution in [0.3, 0.4) is 0 Å². The Labute approximate surface area is 175 Å². The van der Waals surface area contributed by atoms with E-state index in [1.165, 1.54) is 35.0 Å². The molecule has 0 radical (unpaired) electrons. The van der Waals surface area contributed by atoms with Crippen molar-refractivity contribution in [2.24, 2.45) is 0 Å². The fourth-order valence-corrected chi connectivity index (χ4v) is 5.83. The number of carbonyl (C=O) groups is 1. The van der Waals surface area contributed by atoms with Gasteiger partial charge >= 0.3 is 0 Å². The predicted molar refractivity (Wildman–Crippen MR) is 115 cm³/mol. The third kappa shape index (κ3) is 3.14. The number of thiophene rings is 1. The first-order valence-electron chi connectivity index (χ1n) is 9.40. The van der Waals surface area contributed by atoms with Crippen LogP contribution < -0.4 is 10.5 Å². The van der Waals surface area contributed by atoms with Crippen molar-refractivity contribution in [2.75, 3.05) is 18.6 Å². The molecule has 3 heterocycles. The van der Waals surface area contributed by atoms with Gasteiger partial charge in [0.25, 0.3) is 0 Å². The topological polar surface area (TPSA) is 95.4 Å². The number of nitrogens with two attached hydrogens (primary N) is 1. The molecule has 0 saturated heterocycles. The Morgan fingerprint density at radius 3 is 2.83 bits per heavy atom. The molecule has 0 fully saturated rings. The molecular formula is C20H19N5O2S2. The molecule has 1 aliphatic carbocycles. The summed E-state index contributed by atoms with van der Waals surface area (Å²) in [6.07, 6.45) is 4.53. The number of aromatic nitrogens is 4. The number of nitrogens with zero attached hydrogens (tertiary/aromatic N) is 4. The second-order valence-corrected chi connectivity index (χ2v) is 8.97. The molecule has 2 N–H and O–H groups in total. The van der Waals surface area contributed by atoms with Gasteiger partial charge in [-0.3, -0.25) is 4.79 Å². The van der Waals surface area contributed by atoms with Crippen LogP contribution in [0.5, 0.6) is 5.75 Å². The molecule has 0 atom stereocenters. The second kappa shape index (κ2) is 7.31. The first-order chi connectivity index (χ1) is 14.2. The van der Waals surface area contributed by atoms with Crippen LogP contribution in [0.25, 0.3) is 15.9 Å². The van der Waals surface area contributed by atoms with Gasteiger partial charge in [-0.05, 0) is 55.5 Å². The zero-order chi connectivity index (χ0) is 20.0. The van der Waals surface area contributed by atoms with Crippen LogP contribution >= 0.6 is 23.1 Å². The van der Waals surface area contributed by atoms with Gasteiger partial charge in [0.15, 0.2) is 16.6 Å². The third-order valence-corrected chi connectivity index (χ3v) is 7.31. The summed E-state index contributed by atoms with van der Waals surface area (Å²) in [6, 6.07) is 7.09. The van der Waals surface area contributed by atoms with E-state index in [0.29, 0.717) is 16.7 Å². The molecule has 0 aliphatic heterocycles. The summed E-state index contributed by atoms with van der Waals surface area (Å²) in [4.78, 5) is 19.5. The maximum absolute atomic E-state index is 12.6. The molecular weight excluding hydrogens is 406 g/mol. The van der Waals surface area contributed by atoms with Crippen molar-refractivity contribution < 1.29 is 9.53 Å². The molecule has 0 unspecified atom stereocenters. The molecule has 7 nitrogen and oxygen atoms in total. The standard InChI is InChI=1S/C20H19N5O2S2/c1-27-12-8-6-11(7-9-12)14(26)10-28-20-24-23-17-16-13-4-2-3-5-15(13)29-18(16)22-19(21)25(17)20/h6-9H,2-5,10H2,1H3,(H2,21,22).